The largest absolute Gasteiger partial charge is 0.481 e. The fraction of sp³-hybridized carbons (Fsp3) is 0.636. The standard InChI is InChI=1S/C11H15NO2S/c1-2-3-8-7-15-9(12-8)6-11(4-5-11)10(13)14/h7H,2-6H2,1H3,(H,13,14). The van der Waals surface area contributed by atoms with Crippen LogP contribution in [-0.2, 0) is 17.6 Å². The van der Waals surface area contributed by atoms with Crippen LogP contribution in [0.2, 0.25) is 0 Å². The maximum atomic E-state index is 11.0. The van der Waals surface area contributed by atoms with Gasteiger partial charge in [-0.1, -0.05) is 13.3 Å². The lowest BCUT2D eigenvalue weighted by molar-refractivity contribution is -0.143. The first-order chi connectivity index (χ1) is 7.16. The number of nitrogens with zero attached hydrogens (tertiary/aromatic N) is 1. The average Bonchev–Trinajstić information content (AvgIpc) is 2.83. The quantitative estimate of drug-likeness (QED) is 0.837. The summed E-state index contributed by atoms with van der Waals surface area (Å²) in [7, 11) is 0. The van der Waals surface area contributed by atoms with Gasteiger partial charge < -0.3 is 5.11 Å². The molecule has 2 rings (SSSR count). The lowest BCUT2D eigenvalue weighted by Gasteiger charge is -2.05. The molecule has 0 atom stereocenters. The summed E-state index contributed by atoms with van der Waals surface area (Å²) in [5, 5.41) is 12.1. The number of aliphatic carboxylic acids is 1. The van der Waals surface area contributed by atoms with Gasteiger partial charge in [-0.2, -0.15) is 0 Å². The molecule has 1 saturated carbocycles. The van der Waals surface area contributed by atoms with E-state index in [4.69, 9.17) is 5.11 Å². The first kappa shape index (κ1) is 10.6. The molecule has 0 aromatic carbocycles. The zero-order valence-corrected chi connectivity index (χ0v) is 9.64. The molecule has 1 aliphatic rings. The van der Waals surface area contributed by atoms with Crippen LogP contribution >= 0.6 is 11.3 Å². The van der Waals surface area contributed by atoms with Crippen LogP contribution in [0.25, 0.3) is 0 Å². The molecule has 1 aliphatic carbocycles. The van der Waals surface area contributed by atoms with E-state index in [1.54, 1.807) is 11.3 Å². The van der Waals surface area contributed by atoms with Crippen molar-refractivity contribution in [1.82, 2.24) is 4.98 Å². The van der Waals surface area contributed by atoms with Crippen molar-refractivity contribution in [3.8, 4) is 0 Å². The predicted molar refractivity (Wildman–Crippen MR) is 59.1 cm³/mol. The van der Waals surface area contributed by atoms with Crippen LogP contribution in [0, 0.1) is 5.41 Å². The lowest BCUT2D eigenvalue weighted by Crippen LogP contribution is -2.17. The van der Waals surface area contributed by atoms with Crippen molar-refractivity contribution in [2.45, 2.75) is 39.0 Å². The van der Waals surface area contributed by atoms with Gasteiger partial charge in [0.05, 0.1) is 16.1 Å². The summed E-state index contributed by atoms with van der Waals surface area (Å²) in [6.45, 7) is 2.12. The number of thiazole rings is 1. The monoisotopic (exact) mass is 225 g/mol. The van der Waals surface area contributed by atoms with Crippen LogP contribution in [0.4, 0.5) is 0 Å². The summed E-state index contributed by atoms with van der Waals surface area (Å²) >= 11 is 1.60. The van der Waals surface area contributed by atoms with E-state index < -0.39 is 11.4 Å². The fourth-order valence-corrected chi connectivity index (χ4v) is 2.68. The van der Waals surface area contributed by atoms with E-state index in [9.17, 15) is 4.79 Å². The summed E-state index contributed by atoms with van der Waals surface area (Å²) in [4.78, 5) is 15.5. The zero-order chi connectivity index (χ0) is 10.9. The second kappa shape index (κ2) is 3.93. The molecule has 0 spiro atoms. The Morgan fingerprint density at radius 2 is 2.40 bits per heavy atom. The Morgan fingerprint density at radius 3 is 2.93 bits per heavy atom. The highest BCUT2D eigenvalue weighted by molar-refractivity contribution is 7.09. The van der Waals surface area contributed by atoms with Crippen molar-refractivity contribution < 1.29 is 9.90 Å². The smallest absolute Gasteiger partial charge is 0.310 e. The number of rotatable bonds is 5. The highest BCUT2D eigenvalue weighted by Crippen LogP contribution is 2.48. The number of carboxylic acid groups (broad SMARTS) is 1. The SMILES string of the molecule is CCCc1csc(CC2(C(=O)O)CC2)n1. The molecule has 0 unspecified atom stereocenters. The number of aromatic nitrogens is 1. The topological polar surface area (TPSA) is 50.2 Å². The van der Waals surface area contributed by atoms with Crippen molar-refractivity contribution in [2.24, 2.45) is 5.41 Å². The van der Waals surface area contributed by atoms with E-state index >= 15 is 0 Å². The van der Waals surface area contributed by atoms with Gasteiger partial charge in [0.25, 0.3) is 0 Å². The third-order valence-corrected chi connectivity index (χ3v) is 3.80. The van der Waals surface area contributed by atoms with Crippen molar-refractivity contribution in [3.05, 3.63) is 16.1 Å². The minimum atomic E-state index is -0.658. The zero-order valence-electron chi connectivity index (χ0n) is 8.82. The summed E-state index contributed by atoms with van der Waals surface area (Å²) < 4.78 is 0. The number of hydrogen-bond donors (Lipinski definition) is 1. The van der Waals surface area contributed by atoms with Gasteiger partial charge in [0.1, 0.15) is 0 Å². The van der Waals surface area contributed by atoms with Gasteiger partial charge in [-0.25, -0.2) is 4.98 Å². The predicted octanol–water partition coefficient (Wildman–Crippen LogP) is 2.50. The number of hydrogen-bond acceptors (Lipinski definition) is 3. The van der Waals surface area contributed by atoms with Gasteiger partial charge in [-0.3, -0.25) is 4.79 Å². The van der Waals surface area contributed by atoms with Gasteiger partial charge in [0.15, 0.2) is 0 Å². The van der Waals surface area contributed by atoms with Crippen LogP contribution in [-0.4, -0.2) is 16.1 Å². The Morgan fingerprint density at radius 1 is 1.67 bits per heavy atom. The van der Waals surface area contributed by atoms with E-state index in [-0.39, 0.29) is 0 Å². The highest BCUT2D eigenvalue weighted by Gasteiger charge is 2.50. The number of carboxylic acids is 1. The summed E-state index contributed by atoms with van der Waals surface area (Å²) in [5.41, 5.74) is 0.639. The minimum absolute atomic E-state index is 0.471. The van der Waals surface area contributed by atoms with Gasteiger partial charge >= 0.3 is 5.97 Å². The Kier molecular flexibility index (Phi) is 2.78. The maximum absolute atomic E-state index is 11.0. The van der Waals surface area contributed by atoms with Crippen LogP contribution in [0.3, 0.4) is 0 Å². The second-order valence-electron chi connectivity index (χ2n) is 4.24. The number of aryl methyl sites for hydroxylation is 1. The molecule has 4 heteroatoms. The molecule has 0 amide bonds. The second-order valence-corrected chi connectivity index (χ2v) is 5.19. The Bertz CT molecular complexity index is 368. The molecule has 82 valence electrons. The van der Waals surface area contributed by atoms with Crippen LogP contribution in [0.1, 0.15) is 36.9 Å². The maximum Gasteiger partial charge on any atom is 0.310 e. The molecule has 0 saturated heterocycles. The Hall–Kier alpha value is -0.900. The van der Waals surface area contributed by atoms with Crippen LogP contribution < -0.4 is 0 Å². The van der Waals surface area contributed by atoms with E-state index in [2.05, 4.69) is 17.3 Å². The van der Waals surface area contributed by atoms with Crippen molar-refractivity contribution in [1.29, 1.82) is 0 Å². The van der Waals surface area contributed by atoms with E-state index in [1.807, 2.05) is 0 Å². The van der Waals surface area contributed by atoms with Gasteiger partial charge in [-0.15, -0.1) is 11.3 Å². The van der Waals surface area contributed by atoms with Crippen molar-refractivity contribution in [3.63, 3.8) is 0 Å². The molecule has 0 bridgehead atoms. The van der Waals surface area contributed by atoms with Gasteiger partial charge in [-0.05, 0) is 19.3 Å². The molecular formula is C11H15NO2S. The third-order valence-electron chi connectivity index (χ3n) is 2.90. The normalized spacial score (nSPS) is 17.7. The summed E-state index contributed by atoms with van der Waals surface area (Å²) in [5.74, 6) is -0.658. The van der Waals surface area contributed by atoms with E-state index in [0.717, 1.165) is 36.4 Å². The lowest BCUT2D eigenvalue weighted by atomic mass is 10.0. The van der Waals surface area contributed by atoms with Crippen molar-refractivity contribution >= 4 is 17.3 Å². The molecule has 1 aromatic heterocycles. The van der Waals surface area contributed by atoms with Crippen molar-refractivity contribution in [2.75, 3.05) is 0 Å². The molecular weight excluding hydrogens is 210 g/mol. The van der Waals surface area contributed by atoms with Crippen LogP contribution in [0.15, 0.2) is 5.38 Å². The van der Waals surface area contributed by atoms with E-state index in [1.165, 1.54) is 0 Å². The van der Waals surface area contributed by atoms with Crippen LogP contribution in [0.5, 0.6) is 0 Å². The summed E-state index contributed by atoms with van der Waals surface area (Å²) in [6, 6.07) is 0. The fourth-order valence-electron chi connectivity index (χ4n) is 1.71. The Labute approximate surface area is 93.2 Å². The Balaban J connectivity index is 2.02. The van der Waals surface area contributed by atoms with E-state index in [0.29, 0.717) is 6.42 Å². The molecule has 1 fully saturated rings. The molecule has 15 heavy (non-hydrogen) atoms. The molecule has 1 N–H and O–H groups in total. The molecule has 3 nitrogen and oxygen atoms in total. The number of carbonyl (C=O) groups is 1. The summed E-state index contributed by atoms with van der Waals surface area (Å²) in [6.07, 6.45) is 4.33. The highest BCUT2D eigenvalue weighted by atomic mass is 32.1. The average molecular weight is 225 g/mol. The minimum Gasteiger partial charge on any atom is -0.481 e. The first-order valence-corrected chi connectivity index (χ1v) is 6.21. The molecule has 1 heterocycles. The van der Waals surface area contributed by atoms with Gasteiger partial charge in [0, 0.05) is 11.8 Å². The molecule has 0 aliphatic heterocycles. The first-order valence-electron chi connectivity index (χ1n) is 5.33. The molecule has 1 aromatic rings. The van der Waals surface area contributed by atoms with Gasteiger partial charge in [0.2, 0.25) is 0 Å². The third kappa shape index (κ3) is 2.20. The molecule has 0 radical (unpaired) electrons.